The Morgan fingerprint density at radius 1 is 0.886 bits per heavy atom. The Bertz CT molecular complexity index is 789. The highest BCUT2D eigenvalue weighted by Crippen LogP contribution is 2.26. The Labute approximate surface area is 269 Å². The Morgan fingerprint density at radius 2 is 1.48 bits per heavy atom. The molecule has 0 radical (unpaired) electrons. The number of Topliss-reactive ketones (excluding diaryl/α,β-unsaturated/α-hetero) is 1. The van der Waals surface area contributed by atoms with Crippen molar-refractivity contribution >= 4 is 17.7 Å². The molecule has 3 aliphatic rings. The summed E-state index contributed by atoms with van der Waals surface area (Å²) in [5.41, 5.74) is 0. The van der Waals surface area contributed by atoms with Gasteiger partial charge in [-0.3, -0.25) is 19.3 Å². The molecule has 1 amide bonds. The van der Waals surface area contributed by atoms with Gasteiger partial charge >= 0.3 is 5.97 Å². The van der Waals surface area contributed by atoms with Crippen LogP contribution < -0.4 is 0 Å². The average Bonchev–Trinajstić information content (AvgIpc) is 3.52. The van der Waals surface area contributed by atoms with Gasteiger partial charge in [-0.2, -0.15) is 0 Å². The first-order valence-electron chi connectivity index (χ1n) is 17.0. The van der Waals surface area contributed by atoms with Gasteiger partial charge < -0.3 is 19.5 Å². The molecule has 1 N–H and O–H groups in total. The van der Waals surface area contributed by atoms with E-state index in [1.165, 1.54) is 0 Å². The van der Waals surface area contributed by atoms with Gasteiger partial charge in [-0.05, 0) is 83.1 Å². The Morgan fingerprint density at radius 3 is 2.02 bits per heavy atom. The molecule has 8 heteroatoms. The Balaban J connectivity index is 0.00000119. The highest BCUT2D eigenvalue weighted by molar-refractivity contribution is 5.99. The van der Waals surface area contributed by atoms with Crippen molar-refractivity contribution in [3.05, 3.63) is 26.3 Å². The molecule has 3 heterocycles. The number of likely N-dealkylation sites (tertiary alicyclic amines) is 1. The number of ketones is 1. The van der Waals surface area contributed by atoms with Crippen molar-refractivity contribution in [3.63, 3.8) is 0 Å². The molecule has 3 rings (SSSR count). The summed E-state index contributed by atoms with van der Waals surface area (Å²) in [5.74, 6) is 0.425. The topological polar surface area (TPSA) is 96.4 Å². The van der Waals surface area contributed by atoms with E-state index in [0.29, 0.717) is 30.6 Å². The smallest absolute Gasteiger partial charge is 0.316 e. The fourth-order valence-electron chi connectivity index (χ4n) is 6.71. The van der Waals surface area contributed by atoms with Gasteiger partial charge in [-0.1, -0.05) is 34.6 Å². The molecule has 0 spiro atoms. The van der Waals surface area contributed by atoms with E-state index in [-0.39, 0.29) is 36.4 Å². The lowest BCUT2D eigenvalue weighted by Crippen LogP contribution is -2.43. The number of hydrogen-bond acceptors (Lipinski definition) is 7. The SMILES string of the molecule is C=C.C=C.CCCN1C[C@H](C)C[C@@H](C)C[C@@H](C)C(=O)[C@@H](C)C(=O)OC[C@H]1CCC(=O)N1CCCC1.C[C@H]1C[C@@H](C)O[C@@H](O)C1. The summed E-state index contributed by atoms with van der Waals surface area (Å²) < 4.78 is 10.8. The van der Waals surface area contributed by atoms with E-state index in [1.807, 2.05) is 18.7 Å². The maximum atomic E-state index is 12.7. The third-order valence-electron chi connectivity index (χ3n) is 8.70. The number of ether oxygens (including phenoxy) is 2. The lowest BCUT2D eigenvalue weighted by atomic mass is 9.84. The summed E-state index contributed by atoms with van der Waals surface area (Å²) in [6, 6.07) is 0.00804. The Hall–Kier alpha value is -2.03. The van der Waals surface area contributed by atoms with Crippen molar-refractivity contribution < 1.29 is 29.0 Å². The molecule has 256 valence electrons. The molecule has 8 nitrogen and oxygen atoms in total. The summed E-state index contributed by atoms with van der Waals surface area (Å²) in [6.07, 6.45) is 7.84. The van der Waals surface area contributed by atoms with E-state index in [9.17, 15) is 14.4 Å². The summed E-state index contributed by atoms with van der Waals surface area (Å²) >= 11 is 0. The molecule has 0 bridgehead atoms. The number of cyclic esters (lactones) is 1. The molecular formula is C36H66N2O6. The highest BCUT2D eigenvalue weighted by Gasteiger charge is 2.31. The normalized spacial score (nSPS) is 32.0. The van der Waals surface area contributed by atoms with E-state index in [1.54, 1.807) is 6.92 Å². The Kier molecular flexibility index (Phi) is 22.3. The van der Waals surface area contributed by atoms with Crippen LogP contribution in [0.2, 0.25) is 0 Å². The molecule has 3 fully saturated rings. The number of carbonyl (C=O) groups excluding carboxylic acids is 3. The minimum Gasteiger partial charge on any atom is -0.463 e. The van der Waals surface area contributed by atoms with Gasteiger partial charge in [0.1, 0.15) is 18.3 Å². The van der Waals surface area contributed by atoms with Gasteiger partial charge in [0.05, 0.1) is 6.10 Å². The van der Waals surface area contributed by atoms with E-state index in [2.05, 4.69) is 58.9 Å². The number of carbonyl (C=O) groups is 3. The molecule has 0 unspecified atom stereocenters. The molecule has 0 saturated carbocycles. The summed E-state index contributed by atoms with van der Waals surface area (Å²) in [4.78, 5) is 42.4. The van der Waals surface area contributed by atoms with E-state index < -0.39 is 18.2 Å². The van der Waals surface area contributed by atoms with Crippen molar-refractivity contribution in [1.29, 1.82) is 0 Å². The molecule has 0 aliphatic carbocycles. The van der Waals surface area contributed by atoms with Crippen LogP contribution in [0, 0.1) is 29.6 Å². The molecule has 44 heavy (non-hydrogen) atoms. The first-order chi connectivity index (χ1) is 20.9. The molecule has 0 aromatic heterocycles. The first-order valence-corrected chi connectivity index (χ1v) is 17.0. The molecule has 0 aromatic rings. The molecule has 8 atom stereocenters. The second-order valence-electron chi connectivity index (χ2n) is 13.1. The zero-order valence-electron chi connectivity index (χ0n) is 29.2. The van der Waals surface area contributed by atoms with Crippen LogP contribution in [0.1, 0.15) is 106 Å². The van der Waals surface area contributed by atoms with Crippen LogP contribution in [0.15, 0.2) is 26.3 Å². The summed E-state index contributed by atoms with van der Waals surface area (Å²) in [6.45, 7) is 30.2. The average molecular weight is 623 g/mol. The quantitative estimate of drug-likeness (QED) is 0.208. The number of nitrogens with zero attached hydrogens (tertiary/aromatic N) is 2. The number of rotatable bonds is 5. The third kappa shape index (κ3) is 15.8. The monoisotopic (exact) mass is 622 g/mol. The van der Waals surface area contributed by atoms with Crippen molar-refractivity contribution in [2.45, 2.75) is 125 Å². The minimum absolute atomic E-state index is 0.00804. The second-order valence-corrected chi connectivity index (χ2v) is 13.1. The van der Waals surface area contributed by atoms with Crippen LogP contribution in [0.3, 0.4) is 0 Å². The first kappa shape index (κ1) is 42.0. The van der Waals surface area contributed by atoms with Crippen LogP contribution in [0.25, 0.3) is 0 Å². The van der Waals surface area contributed by atoms with Crippen LogP contribution in [-0.4, -0.2) is 83.8 Å². The van der Waals surface area contributed by atoms with Crippen molar-refractivity contribution in [3.8, 4) is 0 Å². The molecular weight excluding hydrogens is 556 g/mol. The number of hydrogen-bond donors (Lipinski definition) is 1. The second kappa shape index (κ2) is 23.3. The van der Waals surface area contributed by atoms with Gasteiger partial charge in [0, 0.05) is 44.4 Å². The fraction of sp³-hybridized carbons (Fsp3) is 0.806. The van der Waals surface area contributed by atoms with Gasteiger partial charge in [-0.25, -0.2) is 0 Å². The van der Waals surface area contributed by atoms with Gasteiger partial charge in [-0.15, -0.1) is 26.3 Å². The maximum absolute atomic E-state index is 12.7. The van der Waals surface area contributed by atoms with Crippen molar-refractivity contribution in [2.24, 2.45) is 29.6 Å². The van der Waals surface area contributed by atoms with Crippen molar-refractivity contribution in [1.82, 2.24) is 9.80 Å². The van der Waals surface area contributed by atoms with Crippen LogP contribution in [0.5, 0.6) is 0 Å². The fourth-order valence-corrected chi connectivity index (χ4v) is 6.71. The van der Waals surface area contributed by atoms with Gasteiger partial charge in [0.2, 0.25) is 5.91 Å². The highest BCUT2D eigenvalue weighted by atomic mass is 16.6. The van der Waals surface area contributed by atoms with E-state index in [4.69, 9.17) is 14.6 Å². The predicted octanol–water partition coefficient (Wildman–Crippen LogP) is 6.66. The van der Waals surface area contributed by atoms with E-state index in [0.717, 1.165) is 71.1 Å². The largest absolute Gasteiger partial charge is 0.463 e. The lowest BCUT2D eigenvalue weighted by Gasteiger charge is -2.34. The molecule has 3 saturated heterocycles. The third-order valence-corrected chi connectivity index (χ3v) is 8.70. The number of amides is 1. The minimum atomic E-state index is -0.730. The van der Waals surface area contributed by atoms with Gasteiger partial charge in [0.15, 0.2) is 6.29 Å². The number of aliphatic hydroxyl groups excluding tert-OH is 1. The van der Waals surface area contributed by atoms with Crippen LogP contribution in [0.4, 0.5) is 0 Å². The van der Waals surface area contributed by atoms with Crippen LogP contribution >= 0.6 is 0 Å². The van der Waals surface area contributed by atoms with E-state index >= 15 is 0 Å². The summed E-state index contributed by atoms with van der Waals surface area (Å²) in [5, 5.41) is 9.03. The molecule has 0 aromatic carbocycles. The number of esters is 1. The number of aliphatic hydroxyl groups is 1. The zero-order valence-corrected chi connectivity index (χ0v) is 29.2. The standard InChI is InChI=1S/C25H44N2O4.C7H14O2.2C2H4/c1-6-11-27-16-19(3)14-18(2)15-20(4)24(29)21(5)25(30)31-17-22(27)9-10-23(28)26-12-7-8-13-26;1-5-3-6(2)9-7(8)4-5;2*1-2/h18-22H,6-17H2,1-5H3;5-8H,3-4H2,1-2H3;2*1-2H2/t18-,19-,20-,21-,22-;5-,6+,7+;;/m10../s1. The zero-order chi connectivity index (χ0) is 33.8. The van der Waals surface area contributed by atoms with Crippen molar-refractivity contribution in [2.75, 3.05) is 32.8 Å². The lowest BCUT2D eigenvalue weighted by molar-refractivity contribution is -0.169. The van der Waals surface area contributed by atoms with Crippen LogP contribution in [-0.2, 0) is 23.9 Å². The summed E-state index contributed by atoms with van der Waals surface area (Å²) in [7, 11) is 0. The predicted molar refractivity (Wildman–Crippen MR) is 180 cm³/mol. The van der Waals surface area contributed by atoms with Gasteiger partial charge in [0.25, 0.3) is 0 Å². The maximum Gasteiger partial charge on any atom is 0.316 e. The molecule has 3 aliphatic heterocycles.